The number of hydrogen-bond donors (Lipinski definition) is 5. The van der Waals surface area contributed by atoms with Gasteiger partial charge in [-0.25, -0.2) is 4.79 Å². The minimum Gasteiger partial charge on any atom is -0.506 e. The summed E-state index contributed by atoms with van der Waals surface area (Å²) in [6.07, 6.45) is 5.89. The molecule has 1 aromatic heterocycles. The molecule has 12 heteroatoms. The quantitative estimate of drug-likeness (QED) is 0.0513. The second-order valence-electron chi connectivity index (χ2n) is 19.5. The third-order valence-electron chi connectivity index (χ3n) is 12.4. The minimum atomic E-state index is -2.23. The zero-order chi connectivity index (χ0) is 45.5. The number of benzene rings is 4. The third-order valence-corrected chi connectivity index (χ3v) is 16.9. The van der Waals surface area contributed by atoms with Crippen LogP contribution >= 0.6 is 0 Å². The summed E-state index contributed by atoms with van der Waals surface area (Å²) in [5.41, 5.74) is 13.1. The van der Waals surface area contributed by atoms with E-state index >= 15 is 0 Å². The number of aromatic amines is 1. The van der Waals surface area contributed by atoms with Gasteiger partial charge in [0.15, 0.2) is 8.32 Å². The van der Waals surface area contributed by atoms with Crippen LogP contribution in [0.3, 0.4) is 0 Å². The van der Waals surface area contributed by atoms with Crippen molar-refractivity contribution in [1.82, 2.24) is 10.3 Å². The van der Waals surface area contributed by atoms with Crippen LogP contribution in [-0.2, 0) is 26.9 Å². The van der Waals surface area contributed by atoms with Gasteiger partial charge in [-0.15, -0.1) is 0 Å². The Morgan fingerprint density at radius 3 is 2.29 bits per heavy atom. The number of aryl methyl sites for hydroxylation is 1. The molecule has 1 atom stereocenters. The number of nitrogens with zero attached hydrogens (tertiary/aromatic N) is 1. The van der Waals surface area contributed by atoms with Crippen LogP contribution in [0.4, 0.5) is 21.9 Å². The van der Waals surface area contributed by atoms with Gasteiger partial charge in [0.25, 0.3) is 0 Å². The molecule has 1 heterocycles. The van der Waals surface area contributed by atoms with E-state index in [4.69, 9.17) is 14.9 Å². The SMILES string of the molecule is CC(C)(C)OC(=O)N(c1cc(N)c(CCCC(=O)Nc2ccc(CNC[C@H](O[Si](C)(C)C(C)(C)C)c3ccc(O)c4[nH]c(=O)ccc34)cc2)cc1-c1ccccc1)C1CCCCC1. The van der Waals surface area contributed by atoms with E-state index in [1.54, 1.807) is 12.1 Å². The van der Waals surface area contributed by atoms with Crippen LogP contribution in [0.2, 0.25) is 18.1 Å². The first-order valence-corrected chi connectivity index (χ1v) is 25.3. The molecule has 63 heavy (non-hydrogen) atoms. The van der Waals surface area contributed by atoms with Crippen molar-refractivity contribution in [3.63, 3.8) is 0 Å². The van der Waals surface area contributed by atoms with Crippen LogP contribution in [0, 0.1) is 0 Å². The van der Waals surface area contributed by atoms with Crippen molar-refractivity contribution < 1.29 is 23.9 Å². The van der Waals surface area contributed by atoms with Gasteiger partial charge in [0.1, 0.15) is 11.4 Å². The summed E-state index contributed by atoms with van der Waals surface area (Å²) in [4.78, 5) is 43.8. The largest absolute Gasteiger partial charge is 0.506 e. The molecule has 1 aliphatic rings. The Balaban J connectivity index is 1.09. The van der Waals surface area contributed by atoms with Crippen LogP contribution in [0.1, 0.15) is 109 Å². The Kier molecular flexibility index (Phi) is 14.9. The van der Waals surface area contributed by atoms with Crippen LogP contribution in [-0.4, -0.2) is 48.6 Å². The monoisotopic (exact) mass is 873 g/mol. The third kappa shape index (κ3) is 12.2. The number of carbonyl (C=O) groups excluding carboxylic acids is 2. The lowest BCUT2D eigenvalue weighted by molar-refractivity contribution is -0.116. The number of phenolic OH excluding ortho intramolecular Hbond substituents is 1. The molecule has 336 valence electrons. The lowest BCUT2D eigenvalue weighted by atomic mass is 9.91. The molecule has 1 saturated carbocycles. The van der Waals surface area contributed by atoms with E-state index in [1.165, 1.54) is 6.07 Å². The number of fused-ring (bicyclic) bond motifs is 1. The molecule has 0 aliphatic heterocycles. The summed E-state index contributed by atoms with van der Waals surface area (Å²) in [6.45, 7) is 17.8. The molecule has 0 spiro atoms. The van der Waals surface area contributed by atoms with Gasteiger partial charge in [-0.05, 0) is 123 Å². The van der Waals surface area contributed by atoms with Gasteiger partial charge in [0, 0.05) is 53.9 Å². The number of ether oxygens (including phenoxy) is 1. The number of anilines is 3. The number of nitrogens with two attached hydrogens (primary N) is 1. The van der Waals surface area contributed by atoms with Crippen molar-refractivity contribution >= 4 is 48.3 Å². The molecular weight excluding hydrogens is 807 g/mol. The van der Waals surface area contributed by atoms with Gasteiger partial charge in [0.05, 0.1) is 17.3 Å². The molecule has 0 unspecified atom stereocenters. The predicted molar refractivity (Wildman–Crippen MR) is 259 cm³/mol. The number of nitrogen functional groups attached to an aromatic ring is 1. The molecular formula is C51H67N5O6Si. The maximum Gasteiger partial charge on any atom is 0.415 e. The normalized spacial score (nSPS) is 14.3. The summed E-state index contributed by atoms with van der Waals surface area (Å²) >= 11 is 0. The highest BCUT2D eigenvalue weighted by atomic mass is 28.4. The molecule has 11 nitrogen and oxygen atoms in total. The number of H-pyrrole nitrogens is 1. The highest BCUT2D eigenvalue weighted by Gasteiger charge is 2.40. The zero-order valence-electron chi connectivity index (χ0n) is 38.4. The molecule has 1 fully saturated rings. The summed E-state index contributed by atoms with van der Waals surface area (Å²) in [5, 5.41) is 17.9. The Morgan fingerprint density at radius 1 is 0.921 bits per heavy atom. The van der Waals surface area contributed by atoms with Crippen LogP contribution in [0.15, 0.2) is 95.8 Å². The maximum absolute atomic E-state index is 13.9. The fourth-order valence-corrected chi connectivity index (χ4v) is 9.29. The standard InChI is InChI=1S/C51H67N5O6Si/c1-50(2,3)61-49(60)56(38-19-13-10-14-20-38)43-31-42(52)36(30-41(43)35-16-11-9-12-17-35)18-15-21-46(58)54-37-24-22-34(23-25-37)32-53-33-45(62-63(7,8)51(4,5)6)39-26-28-44(57)48-40(39)27-29-47(59)55-48/h9,11-12,16-17,22-31,38,45,53,57H,10,13-15,18-21,32-33,52H2,1-8H3,(H,54,58)(H,55,59)/t45-/m0/s1. The van der Waals surface area contributed by atoms with Gasteiger partial charge < -0.3 is 35.6 Å². The molecule has 5 aromatic rings. The van der Waals surface area contributed by atoms with Crippen molar-refractivity contribution in [3.8, 4) is 16.9 Å². The lowest BCUT2D eigenvalue weighted by Gasteiger charge is -2.39. The number of aromatic nitrogens is 1. The average Bonchev–Trinajstić information content (AvgIpc) is 3.22. The average molecular weight is 874 g/mol. The number of nitrogens with one attached hydrogen (secondary N) is 3. The summed E-state index contributed by atoms with van der Waals surface area (Å²) in [5.74, 6) is -0.0651. The molecule has 4 aromatic carbocycles. The van der Waals surface area contributed by atoms with Crippen molar-refractivity contribution in [2.45, 2.75) is 135 Å². The lowest BCUT2D eigenvalue weighted by Crippen LogP contribution is -2.44. The van der Waals surface area contributed by atoms with Crippen molar-refractivity contribution in [3.05, 3.63) is 118 Å². The molecule has 6 rings (SSSR count). The molecule has 2 amide bonds. The summed E-state index contributed by atoms with van der Waals surface area (Å²) < 4.78 is 12.9. The van der Waals surface area contributed by atoms with Crippen molar-refractivity contribution in [1.29, 1.82) is 0 Å². The van der Waals surface area contributed by atoms with Crippen LogP contribution < -0.4 is 26.8 Å². The number of phenols is 1. The minimum absolute atomic E-state index is 0.0159. The number of aromatic hydroxyl groups is 1. The Morgan fingerprint density at radius 2 is 1.62 bits per heavy atom. The van der Waals surface area contributed by atoms with Gasteiger partial charge in [0.2, 0.25) is 11.5 Å². The van der Waals surface area contributed by atoms with Crippen LogP contribution in [0.5, 0.6) is 5.75 Å². The molecule has 1 aliphatic carbocycles. The zero-order valence-corrected chi connectivity index (χ0v) is 39.4. The number of pyridine rings is 1. The fraction of sp³-hybridized carbons (Fsp3) is 0.431. The number of hydrogen-bond acceptors (Lipinski definition) is 8. The first kappa shape index (κ1) is 47.1. The van der Waals surface area contributed by atoms with Crippen molar-refractivity contribution in [2.75, 3.05) is 22.5 Å². The Hall–Kier alpha value is -5.43. The second-order valence-corrected chi connectivity index (χ2v) is 24.2. The Labute approximate surface area is 373 Å². The van der Waals surface area contributed by atoms with Gasteiger partial charge in [-0.1, -0.05) is 88.6 Å². The molecule has 0 bridgehead atoms. The van der Waals surface area contributed by atoms with E-state index in [-0.39, 0.29) is 40.5 Å². The van der Waals surface area contributed by atoms with E-state index in [2.05, 4.69) is 55.5 Å². The van der Waals surface area contributed by atoms with E-state index in [9.17, 15) is 19.5 Å². The van der Waals surface area contributed by atoms with Crippen LogP contribution in [0.25, 0.3) is 22.0 Å². The first-order chi connectivity index (χ1) is 29.8. The second kappa shape index (κ2) is 20.0. The number of amides is 2. The summed E-state index contributed by atoms with van der Waals surface area (Å²) in [7, 11) is -2.23. The van der Waals surface area contributed by atoms with E-state index < -0.39 is 13.9 Å². The van der Waals surface area contributed by atoms with E-state index in [1.807, 2.05) is 92.4 Å². The molecule has 0 saturated heterocycles. The maximum atomic E-state index is 13.9. The molecule has 0 radical (unpaired) electrons. The van der Waals surface area contributed by atoms with Crippen molar-refractivity contribution in [2.24, 2.45) is 0 Å². The Bertz CT molecular complexity index is 2410. The smallest absolute Gasteiger partial charge is 0.415 e. The number of carbonyl (C=O) groups is 2. The fourth-order valence-electron chi connectivity index (χ4n) is 8.01. The predicted octanol–water partition coefficient (Wildman–Crippen LogP) is 11.4. The van der Waals surface area contributed by atoms with E-state index in [0.717, 1.165) is 71.0 Å². The number of rotatable bonds is 15. The highest BCUT2D eigenvalue weighted by Crippen LogP contribution is 2.42. The molecule has 6 N–H and O–H groups in total. The van der Waals surface area contributed by atoms with E-state index in [0.29, 0.717) is 49.2 Å². The first-order valence-electron chi connectivity index (χ1n) is 22.4. The van der Waals surface area contributed by atoms with Gasteiger partial charge in [-0.3, -0.25) is 14.5 Å². The van der Waals surface area contributed by atoms with Gasteiger partial charge >= 0.3 is 6.09 Å². The summed E-state index contributed by atoms with van der Waals surface area (Å²) in [6, 6.07) is 28.6. The highest BCUT2D eigenvalue weighted by molar-refractivity contribution is 6.74. The van der Waals surface area contributed by atoms with Gasteiger partial charge in [-0.2, -0.15) is 0 Å². The topological polar surface area (TPSA) is 159 Å².